The van der Waals surface area contributed by atoms with Crippen LogP contribution >= 0.6 is 0 Å². The van der Waals surface area contributed by atoms with E-state index in [0.717, 1.165) is 36.1 Å². The van der Waals surface area contributed by atoms with Gasteiger partial charge in [-0.15, -0.1) is 0 Å². The maximum Gasteiger partial charge on any atom is 0.143 e. The van der Waals surface area contributed by atoms with Crippen LogP contribution in [0.4, 0.5) is 5.69 Å². The Kier molecular flexibility index (Phi) is 3.33. The van der Waals surface area contributed by atoms with Gasteiger partial charge in [-0.05, 0) is 62.3 Å². The molecule has 4 heteroatoms. The fourth-order valence-electron chi connectivity index (χ4n) is 3.73. The molecule has 0 unspecified atom stereocenters. The van der Waals surface area contributed by atoms with Crippen molar-refractivity contribution in [2.45, 2.75) is 46.1 Å². The molecule has 1 aliphatic rings. The number of aryl methyl sites for hydroxylation is 2. The molecule has 118 valence electrons. The first-order valence-corrected chi connectivity index (χ1v) is 8.32. The zero-order chi connectivity index (χ0) is 16.0. The maximum atomic E-state index is 6.55. The second-order valence-corrected chi connectivity index (χ2v) is 6.51. The highest BCUT2D eigenvalue weighted by Crippen LogP contribution is 2.35. The lowest BCUT2D eigenvalue weighted by Gasteiger charge is -2.18. The molecule has 2 N–H and O–H groups in total. The molecule has 0 radical (unpaired) electrons. The van der Waals surface area contributed by atoms with Crippen LogP contribution < -0.4 is 5.73 Å². The molecule has 3 aromatic rings. The number of fused-ring (bicyclic) bond motifs is 2. The van der Waals surface area contributed by atoms with Crippen molar-refractivity contribution in [1.82, 2.24) is 14.5 Å². The number of hydrogen-bond donors (Lipinski definition) is 1. The summed E-state index contributed by atoms with van der Waals surface area (Å²) in [6.45, 7) is 5.10. The standard InChI is InChI=1S/C19H22N4/c1-12-13(2)23(11-14-6-5-9-21-10-14)19-17(12)18(20)15-7-3-4-8-16(15)22-19/h5-6,9-10H,3-4,7-8,11H2,1-2H3,(H2,20,22). The Morgan fingerprint density at radius 1 is 1.22 bits per heavy atom. The number of nitrogen functional groups attached to an aromatic ring is 1. The van der Waals surface area contributed by atoms with Gasteiger partial charge in [-0.25, -0.2) is 4.98 Å². The van der Waals surface area contributed by atoms with Crippen LogP contribution in [0, 0.1) is 13.8 Å². The molecule has 0 fully saturated rings. The van der Waals surface area contributed by atoms with Crippen molar-refractivity contribution in [1.29, 1.82) is 0 Å². The predicted octanol–water partition coefficient (Wildman–Crippen LogP) is 3.56. The summed E-state index contributed by atoms with van der Waals surface area (Å²) in [7, 11) is 0. The average Bonchev–Trinajstić information content (AvgIpc) is 2.81. The molecule has 0 spiro atoms. The summed E-state index contributed by atoms with van der Waals surface area (Å²) in [5.74, 6) is 0. The second-order valence-electron chi connectivity index (χ2n) is 6.51. The minimum Gasteiger partial charge on any atom is -0.398 e. The molecule has 0 saturated carbocycles. The maximum absolute atomic E-state index is 6.55. The van der Waals surface area contributed by atoms with Gasteiger partial charge in [0.25, 0.3) is 0 Å². The van der Waals surface area contributed by atoms with E-state index in [1.54, 1.807) is 0 Å². The molecule has 3 heterocycles. The first kappa shape index (κ1) is 14.2. The lowest BCUT2D eigenvalue weighted by Crippen LogP contribution is -2.11. The van der Waals surface area contributed by atoms with Crippen molar-refractivity contribution < 1.29 is 0 Å². The molecule has 0 aliphatic heterocycles. The molecule has 4 nitrogen and oxygen atoms in total. The number of pyridine rings is 2. The zero-order valence-electron chi connectivity index (χ0n) is 13.8. The van der Waals surface area contributed by atoms with E-state index in [4.69, 9.17) is 10.7 Å². The molecule has 23 heavy (non-hydrogen) atoms. The fourth-order valence-corrected chi connectivity index (χ4v) is 3.73. The highest BCUT2D eigenvalue weighted by atomic mass is 15.1. The summed E-state index contributed by atoms with van der Waals surface area (Å²) < 4.78 is 2.28. The monoisotopic (exact) mass is 306 g/mol. The Balaban J connectivity index is 1.94. The number of rotatable bonds is 2. The molecule has 0 atom stereocenters. The minimum atomic E-state index is 0.787. The van der Waals surface area contributed by atoms with Gasteiger partial charge in [-0.3, -0.25) is 4.98 Å². The number of anilines is 1. The van der Waals surface area contributed by atoms with Gasteiger partial charge in [0.15, 0.2) is 0 Å². The van der Waals surface area contributed by atoms with E-state index >= 15 is 0 Å². The topological polar surface area (TPSA) is 56.7 Å². The molecule has 0 bridgehead atoms. The van der Waals surface area contributed by atoms with Gasteiger partial charge in [0.1, 0.15) is 5.65 Å². The van der Waals surface area contributed by atoms with E-state index in [0.29, 0.717) is 0 Å². The first-order valence-electron chi connectivity index (χ1n) is 8.32. The number of nitrogens with zero attached hydrogens (tertiary/aromatic N) is 3. The van der Waals surface area contributed by atoms with Gasteiger partial charge in [0, 0.05) is 34.9 Å². The molecule has 3 aromatic heterocycles. The Hall–Kier alpha value is -2.36. The van der Waals surface area contributed by atoms with E-state index in [-0.39, 0.29) is 0 Å². The van der Waals surface area contributed by atoms with E-state index in [1.165, 1.54) is 40.9 Å². The van der Waals surface area contributed by atoms with Crippen LogP contribution in [0.1, 0.15) is 40.9 Å². The highest BCUT2D eigenvalue weighted by molar-refractivity contribution is 5.95. The van der Waals surface area contributed by atoms with Crippen LogP contribution in [0.2, 0.25) is 0 Å². The van der Waals surface area contributed by atoms with Crippen LogP contribution in [0.25, 0.3) is 11.0 Å². The Bertz CT molecular complexity index is 878. The average molecular weight is 306 g/mol. The molecule has 1 aliphatic carbocycles. The fraction of sp³-hybridized carbons (Fsp3) is 0.368. The van der Waals surface area contributed by atoms with Gasteiger partial charge in [0.2, 0.25) is 0 Å². The van der Waals surface area contributed by atoms with Crippen LogP contribution in [0.3, 0.4) is 0 Å². The van der Waals surface area contributed by atoms with Gasteiger partial charge in [-0.2, -0.15) is 0 Å². The van der Waals surface area contributed by atoms with Crippen LogP contribution in [-0.2, 0) is 19.4 Å². The molecular formula is C19H22N4. The van der Waals surface area contributed by atoms with Crippen LogP contribution in [-0.4, -0.2) is 14.5 Å². The summed E-state index contributed by atoms with van der Waals surface area (Å²) >= 11 is 0. The van der Waals surface area contributed by atoms with Crippen molar-refractivity contribution in [3.05, 3.63) is 52.6 Å². The van der Waals surface area contributed by atoms with E-state index in [1.807, 2.05) is 18.5 Å². The van der Waals surface area contributed by atoms with E-state index in [2.05, 4.69) is 29.5 Å². The van der Waals surface area contributed by atoms with Gasteiger partial charge in [-0.1, -0.05) is 6.07 Å². The Morgan fingerprint density at radius 3 is 2.83 bits per heavy atom. The number of hydrogen-bond acceptors (Lipinski definition) is 3. The molecule has 0 saturated heterocycles. The summed E-state index contributed by atoms with van der Waals surface area (Å²) in [5, 5.41) is 1.15. The summed E-state index contributed by atoms with van der Waals surface area (Å²) in [5.41, 5.74) is 14.7. The molecular weight excluding hydrogens is 284 g/mol. The lowest BCUT2D eigenvalue weighted by molar-refractivity contribution is 0.669. The molecule has 0 amide bonds. The smallest absolute Gasteiger partial charge is 0.143 e. The minimum absolute atomic E-state index is 0.787. The Labute approximate surface area is 136 Å². The first-order chi connectivity index (χ1) is 11.2. The third kappa shape index (κ3) is 2.21. The van der Waals surface area contributed by atoms with Gasteiger partial charge < -0.3 is 10.3 Å². The zero-order valence-corrected chi connectivity index (χ0v) is 13.8. The third-order valence-electron chi connectivity index (χ3n) is 5.14. The van der Waals surface area contributed by atoms with Crippen molar-refractivity contribution >= 4 is 16.7 Å². The molecule has 4 rings (SSSR count). The SMILES string of the molecule is Cc1c(C)n(Cc2cccnc2)c2nc3c(c(N)c12)CCCC3. The third-order valence-corrected chi connectivity index (χ3v) is 5.14. The lowest BCUT2D eigenvalue weighted by atomic mass is 9.93. The van der Waals surface area contributed by atoms with Crippen molar-refractivity contribution in [3.63, 3.8) is 0 Å². The Morgan fingerprint density at radius 2 is 2.04 bits per heavy atom. The summed E-state index contributed by atoms with van der Waals surface area (Å²) in [6.07, 6.45) is 8.28. The summed E-state index contributed by atoms with van der Waals surface area (Å²) in [4.78, 5) is 9.24. The predicted molar refractivity (Wildman–Crippen MR) is 93.6 cm³/mol. The van der Waals surface area contributed by atoms with Crippen LogP contribution in [0.15, 0.2) is 24.5 Å². The number of nitrogens with two attached hydrogens (primary N) is 1. The van der Waals surface area contributed by atoms with E-state index in [9.17, 15) is 0 Å². The van der Waals surface area contributed by atoms with Gasteiger partial charge >= 0.3 is 0 Å². The van der Waals surface area contributed by atoms with Crippen LogP contribution in [0.5, 0.6) is 0 Å². The quantitative estimate of drug-likeness (QED) is 0.787. The normalized spacial score (nSPS) is 14.2. The molecule has 0 aromatic carbocycles. The summed E-state index contributed by atoms with van der Waals surface area (Å²) in [6, 6.07) is 4.09. The highest BCUT2D eigenvalue weighted by Gasteiger charge is 2.22. The largest absolute Gasteiger partial charge is 0.398 e. The number of aromatic nitrogens is 3. The van der Waals surface area contributed by atoms with E-state index < -0.39 is 0 Å². The van der Waals surface area contributed by atoms with Crippen molar-refractivity contribution in [3.8, 4) is 0 Å². The van der Waals surface area contributed by atoms with Gasteiger partial charge in [0.05, 0.1) is 6.54 Å². The van der Waals surface area contributed by atoms with Crippen molar-refractivity contribution in [2.24, 2.45) is 0 Å². The second kappa shape index (κ2) is 5.37. The van der Waals surface area contributed by atoms with Crippen molar-refractivity contribution in [2.75, 3.05) is 5.73 Å².